The number of fused-ring (bicyclic) bond motifs is 1. The molecule has 4 aromatic rings. The van der Waals surface area contributed by atoms with Crippen molar-refractivity contribution in [3.63, 3.8) is 0 Å². The number of rotatable bonds is 7. The molecule has 0 fully saturated rings. The third kappa shape index (κ3) is 4.95. The van der Waals surface area contributed by atoms with Crippen LogP contribution in [-0.2, 0) is 0 Å². The van der Waals surface area contributed by atoms with E-state index in [-0.39, 0.29) is 17.2 Å². The second kappa shape index (κ2) is 10.7. The van der Waals surface area contributed by atoms with Crippen LogP contribution in [0.4, 0.5) is 0 Å². The molecule has 0 spiro atoms. The smallest absolute Gasteiger partial charge is 0.282 e. The lowest BCUT2D eigenvalue weighted by Crippen LogP contribution is -2.21. The van der Waals surface area contributed by atoms with Crippen LogP contribution in [0.3, 0.4) is 0 Å². The molecule has 0 saturated carbocycles. The third-order valence-electron chi connectivity index (χ3n) is 5.87. The Morgan fingerprint density at radius 3 is 2.61 bits per heavy atom. The van der Waals surface area contributed by atoms with Crippen LogP contribution in [0.2, 0.25) is 0 Å². The van der Waals surface area contributed by atoms with E-state index in [4.69, 9.17) is 14.5 Å². The number of para-hydroxylation sites is 1. The van der Waals surface area contributed by atoms with Gasteiger partial charge in [0.25, 0.3) is 5.56 Å². The molecular weight excluding hydrogens is 569 g/mol. The molecule has 4 rings (SSSR count). The van der Waals surface area contributed by atoms with Crippen molar-refractivity contribution in [3.8, 4) is 28.6 Å². The number of hydrogen-bond donors (Lipinski definition) is 1. The molecule has 0 aliphatic rings. The number of halogens is 1. The fourth-order valence-electron chi connectivity index (χ4n) is 4.02. The van der Waals surface area contributed by atoms with Crippen LogP contribution < -0.4 is 15.0 Å². The van der Waals surface area contributed by atoms with Crippen molar-refractivity contribution in [1.82, 2.24) is 9.66 Å². The Balaban J connectivity index is 1.97. The molecule has 7 nitrogen and oxygen atoms in total. The lowest BCUT2D eigenvalue weighted by atomic mass is 9.96. The topological polar surface area (TPSA) is 85.9 Å². The number of aryl methyl sites for hydroxylation is 1. The summed E-state index contributed by atoms with van der Waals surface area (Å²) in [6.07, 6.45) is 1.57. The van der Waals surface area contributed by atoms with Gasteiger partial charge in [0.1, 0.15) is 5.75 Å². The van der Waals surface area contributed by atoms with Gasteiger partial charge in [0, 0.05) is 5.56 Å². The monoisotopic (exact) mass is 597 g/mol. The number of hydrogen-bond acceptors (Lipinski definition) is 6. The second-order valence-corrected chi connectivity index (χ2v) is 9.82. The molecule has 3 aromatic carbocycles. The lowest BCUT2D eigenvalue weighted by Gasteiger charge is -2.18. The first kappa shape index (κ1) is 25.7. The summed E-state index contributed by atoms with van der Waals surface area (Å²) in [5, 5.41) is 15.2. The van der Waals surface area contributed by atoms with Gasteiger partial charge in [-0.15, -0.1) is 0 Å². The van der Waals surface area contributed by atoms with Crippen molar-refractivity contribution in [2.75, 3.05) is 13.7 Å². The van der Waals surface area contributed by atoms with Crippen LogP contribution in [-0.4, -0.2) is 34.7 Å². The molecule has 0 saturated heterocycles. The van der Waals surface area contributed by atoms with E-state index in [9.17, 15) is 9.90 Å². The largest absolute Gasteiger partial charge is 0.504 e. The molecule has 0 unspecified atom stereocenters. The summed E-state index contributed by atoms with van der Waals surface area (Å²) in [5.41, 5.74) is 3.77. The number of phenolic OH excluding ortho intramolecular Hbond substituents is 1. The van der Waals surface area contributed by atoms with Gasteiger partial charge in [-0.2, -0.15) is 9.78 Å². The minimum Gasteiger partial charge on any atom is -0.504 e. The maximum absolute atomic E-state index is 13.6. The molecule has 0 bridgehead atoms. The zero-order chi connectivity index (χ0) is 26.0. The highest BCUT2D eigenvalue weighted by atomic mass is 127. The van der Waals surface area contributed by atoms with Crippen molar-refractivity contribution >= 4 is 39.7 Å². The number of nitrogens with zero attached hydrogens (tertiary/aromatic N) is 3. The molecule has 186 valence electrons. The van der Waals surface area contributed by atoms with E-state index in [1.165, 1.54) is 11.8 Å². The van der Waals surface area contributed by atoms with Crippen LogP contribution in [0.25, 0.3) is 22.3 Å². The van der Waals surface area contributed by atoms with Gasteiger partial charge in [0.15, 0.2) is 17.3 Å². The van der Waals surface area contributed by atoms with E-state index in [1.807, 2.05) is 66.8 Å². The summed E-state index contributed by atoms with van der Waals surface area (Å²) in [4.78, 5) is 18.5. The summed E-state index contributed by atoms with van der Waals surface area (Å²) < 4.78 is 13.1. The molecule has 0 aliphatic carbocycles. The first-order chi connectivity index (χ1) is 17.2. The van der Waals surface area contributed by atoms with Gasteiger partial charge in [-0.05, 0) is 95.4 Å². The molecule has 1 aromatic heterocycles. The van der Waals surface area contributed by atoms with E-state index in [2.05, 4.69) is 18.9 Å². The minimum atomic E-state index is -0.272. The highest BCUT2D eigenvalue weighted by molar-refractivity contribution is 14.1. The minimum absolute atomic E-state index is 0.0618. The Labute approximate surface area is 223 Å². The molecule has 8 heteroatoms. The highest BCUT2D eigenvalue weighted by Crippen LogP contribution is 2.35. The van der Waals surface area contributed by atoms with Gasteiger partial charge < -0.3 is 14.6 Å². The number of aromatic hydroxyl groups is 1. The van der Waals surface area contributed by atoms with Crippen LogP contribution in [0.1, 0.15) is 43.4 Å². The number of methoxy groups -OCH3 is 1. The highest BCUT2D eigenvalue weighted by Gasteiger charge is 2.18. The van der Waals surface area contributed by atoms with Crippen molar-refractivity contribution in [1.29, 1.82) is 0 Å². The maximum atomic E-state index is 13.6. The zero-order valence-corrected chi connectivity index (χ0v) is 23.0. The normalized spacial score (nSPS) is 11.5. The van der Waals surface area contributed by atoms with Crippen molar-refractivity contribution in [2.24, 2.45) is 5.10 Å². The zero-order valence-electron chi connectivity index (χ0n) is 20.9. The maximum Gasteiger partial charge on any atom is 0.282 e. The summed E-state index contributed by atoms with van der Waals surface area (Å²) in [6.45, 7) is 8.72. The van der Waals surface area contributed by atoms with E-state index in [1.54, 1.807) is 24.4 Å². The average molecular weight is 597 g/mol. The van der Waals surface area contributed by atoms with Gasteiger partial charge in [0.05, 0.1) is 34.4 Å². The van der Waals surface area contributed by atoms with Crippen LogP contribution >= 0.6 is 22.6 Å². The van der Waals surface area contributed by atoms with Gasteiger partial charge in [0.2, 0.25) is 0 Å². The Kier molecular flexibility index (Phi) is 7.63. The van der Waals surface area contributed by atoms with Crippen molar-refractivity contribution < 1.29 is 14.6 Å². The summed E-state index contributed by atoms with van der Waals surface area (Å²) in [6, 6.07) is 14.7. The average Bonchev–Trinajstić information content (AvgIpc) is 2.85. The number of aromatic nitrogens is 2. The van der Waals surface area contributed by atoms with Crippen LogP contribution in [0, 0.1) is 10.5 Å². The molecule has 36 heavy (non-hydrogen) atoms. The molecule has 1 heterocycles. The van der Waals surface area contributed by atoms with E-state index in [0.717, 1.165) is 22.4 Å². The van der Waals surface area contributed by atoms with Crippen LogP contribution in [0.15, 0.2) is 58.4 Å². The Hall–Kier alpha value is -3.40. The quantitative estimate of drug-likeness (QED) is 0.206. The standard InChI is InChI=1S/C28H28IN3O4/c1-6-36-24-11-17(4)21(14-20(24)16(2)3)27-31-23-10-8-7-9-19(23)28(34)32(27)30-15-18-12-22(29)26(33)25(13-18)35-5/h7-16,33H,6H2,1-5H3. The molecule has 1 N–H and O–H groups in total. The summed E-state index contributed by atoms with van der Waals surface area (Å²) >= 11 is 2.03. The predicted molar refractivity (Wildman–Crippen MR) is 152 cm³/mol. The van der Waals surface area contributed by atoms with Crippen LogP contribution in [0.5, 0.6) is 17.2 Å². The number of benzene rings is 3. The van der Waals surface area contributed by atoms with E-state index < -0.39 is 0 Å². The molecule has 0 amide bonds. The SMILES string of the molecule is CCOc1cc(C)c(-c2nc3ccccc3c(=O)n2N=Cc2cc(I)c(O)c(OC)c2)cc1C(C)C. The van der Waals surface area contributed by atoms with Gasteiger partial charge in [-0.3, -0.25) is 4.79 Å². The molecule has 0 aliphatic heterocycles. The van der Waals surface area contributed by atoms with Crippen molar-refractivity contribution in [3.05, 3.63) is 79.1 Å². The first-order valence-corrected chi connectivity index (χ1v) is 12.7. The fraction of sp³-hybridized carbons (Fsp3) is 0.250. The number of phenols is 1. The Morgan fingerprint density at radius 2 is 1.92 bits per heavy atom. The molecule has 0 atom stereocenters. The first-order valence-electron chi connectivity index (χ1n) is 11.7. The van der Waals surface area contributed by atoms with E-state index >= 15 is 0 Å². The summed E-state index contributed by atoms with van der Waals surface area (Å²) in [5.74, 6) is 1.88. The van der Waals surface area contributed by atoms with Gasteiger partial charge >= 0.3 is 0 Å². The van der Waals surface area contributed by atoms with Gasteiger partial charge in [-0.1, -0.05) is 26.0 Å². The molecular formula is C28H28IN3O4. The van der Waals surface area contributed by atoms with Crippen molar-refractivity contribution in [2.45, 2.75) is 33.6 Å². The fourth-order valence-corrected chi connectivity index (χ4v) is 4.65. The molecule has 0 radical (unpaired) electrons. The number of ether oxygens (including phenoxy) is 2. The summed E-state index contributed by atoms with van der Waals surface area (Å²) in [7, 11) is 1.49. The third-order valence-corrected chi connectivity index (χ3v) is 6.69. The van der Waals surface area contributed by atoms with Gasteiger partial charge in [-0.25, -0.2) is 4.98 Å². The second-order valence-electron chi connectivity index (χ2n) is 8.66. The lowest BCUT2D eigenvalue weighted by molar-refractivity contribution is 0.335. The Bertz CT molecular complexity index is 1530. The Morgan fingerprint density at radius 1 is 1.17 bits per heavy atom. The van der Waals surface area contributed by atoms with E-state index in [0.29, 0.717) is 38.2 Å². The predicted octanol–water partition coefficient (Wildman–Crippen LogP) is 6.10.